The van der Waals surface area contributed by atoms with E-state index < -0.39 is 5.56 Å². The fourth-order valence-corrected chi connectivity index (χ4v) is 2.67. The van der Waals surface area contributed by atoms with Gasteiger partial charge in [0.1, 0.15) is 6.61 Å². The number of carbonyl (C=O) groups is 1. The molecule has 1 aromatic carbocycles. The number of ether oxygens (including phenoxy) is 1. The minimum atomic E-state index is -0.488. The average molecular weight is 358 g/mol. The second kappa shape index (κ2) is 8.56. The molecule has 1 amide bonds. The lowest BCUT2D eigenvalue weighted by Gasteiger charge is -2.16. The van der Waals surface area contributed by atoms with Crippen LogP contribution >= 0.6 is 0 Å². The number of nitrogens with zero attached hydrogens (tertiary/aromatic N) is 1. The summed E-state index contributed by atoms with van der Waals surface area (Å²) in [7, 11) is 0. The quantitative estimate of drug-likeness (QED) is 0.738. The third-order valence-electron chi connectivity index (χ3n) is 3.97. The summed E-state index contributed by atoms with van der Waals surface area (Å²) in [6.45, 7) is 8.10. The van der Waals surface area contributed by atoms with Crippen LogP contribution in [-0.2, 0) is 11.3 Å². The number of benzene rings is 1. The van der Waals surface area contributed by atoms with Gasteiger partial charge < -0.3 is 19.7 Å². The molecule has 6 heteroatoms. The summed E-state index contributed by atoms with van der Waals surface area (Å²) in [6.07, 6.45) is 3.59. The Morgan fingerprint density at radius 1 is 1.31 bits per heavy atom. The zero-order valence-electron chi connectivity index (χ0n) is 15.8. The Hall–Kier alpha value is -2.76. The molecule has 0 saturated heterocycles. The van der Waals surface area contributed by atoms with Gasteiger partial charge >= 0.3 is 0 Å². The number of pyridine rings is 1. The highest BCUT2D eigenvalue weighted by atomic mass is 16.5. The normalized spacial score (nSPS) is 10.6. The summed E-state index contributed by atoms with van der Waals surface area (Å²) >= 11 is 0. The average Bonchev–Trinajstić information content (AvgIpc) is 2.57. The molecule has 0 atom stereocenters. The highest BCUT2D eigenvalue weighted by Crippen LogP contribution is 2.33. The van der Waals surface area contributed by atoms with E-state index in [0.29, 0.717) is 23.1 Å². The van der Waals surface area contributed by atoms with E-state index in [9.17, 15) is 14.7 Å². The van der Waals surface area contributed by atoms with E-state index in [1.165, 1.54) is 11.5 Å². The lowest BCUT2D eigenvalue weighted by Crippen LogP contribution is -2.21. The number of carbonyl (C=O) groups excluding carboxylic acids is 1. The van der Waals surface area contributed by atoms with Crippen LogP contribution in [0, 0.1) is 0 Å². The third kappa shape index (κ3) is 4.45. The van der Waals surface area contributed by atoms with Crippen molar-refractivity contribution in [3.05, 3.63) is 40.2 Å². The highest BCUT2D eigenvalue weighted by Gasteiger charge is 2.18. The largest absolute Gasteiger partial charge is 0.500 e. The van der Waals surface area contributed by atoms with Crippen LogP contribution in [0.15, 0.2) is 34.6 Å². The van der Waals surface area contributed by atoms with Crippen molar-refractivity contribution in [3.8, 4) is 11.5 Å². The van der Waals surface area contributed by atoms with Gasteiger partial charge in [-0.05, 0) is 44.5 Å². The molecule has 6 nitrogen and oxygen atoms in total. The van der Waals surface area contributed by atoms with Crippen LogP contribution in [0.25, 0.3) is 10.9 Å². The van der Waals surface area contributed by atoms with Crippen molar-refractivity contribution in [2.75, 3.05) is 11.9 Å². The van der Waals surface area contributed by atoms with Crippen LogP contribution in [0.4, 0.5) is 5.69 Å². The Morgan fingerprint density at radius 3 is 2.65 bits per heavy atom. The van der Waals surface area contributed by atoms with Gasteiger partial charge in [-0.1, -0.05) is 18.9 Å². The van der Waals surface area contributed by atoms with Gasteiger partial charge in [0.05, 0.1) is 5.52 Å². The van der Waals surface area contributed by atoms with Crippen LogP contribution < -0.4 is 15.6 Å². The van der Waals surface area contributed by atoms with Gasteiger partial charge in [0.15, 0.2) is 5.75 Å². The summed E-state index contributed by atoms with van der Waals surface area (Å²) in [5, 5.41) is 13.8. The van der Waals surface area contributed by atoms with Crippen molar-refractivity contribution in [1.29, 1.82) is 0 Å². The molecule has 0 spiro atoms. The highest BCUT2D eigenvalue weighted by molar-refractivity contribution is 5.94. The number of aromatic nitrogens is 1. The van der Waals surface area contributed by atoms with Crippen LogP contribution in [0.1, 0.15) is 40.5 Å². The molecule has 2 N–H and O–H groups in total. The molecule has 1 aromatic heterocycles. The first kappa shape index (κ1) is 19.6. The molecule has 2 rings (SSSR count). The maximum atomic E-state index is 12.7. The predicted octanol–water partition coefficient (Wildman–Crippen LogP) is 3.81. The second-order valence-electron chi connectivity index (χ2n) is 6.49. The number of aryl methyl sites for hydroxylation is 1. The van der Waals surface area contributed by atoms with Gasteiger partial charge in [-0.25, -0.2) is 0 Å². The minimum absolute atomic E-state index is 0.171. The standard InChI is InChI=1S/C20H26N2O4/c1-5-6-10-22-17-12-15(21-14(4)23)7-8-16(17)19(18(24)20(22)25)26-11-9-13(2)3/h7-9,12,24H,5-6,10-11H2,1-4H3,(H,21,23). The predicted molar refractivity (Wildman–Crippen MR) is 104 cm³/mol. The van der Waals surface area contributed by atoms with Crippen LogP contribution in [0.5, 0.6) is 11.5 Å². The number of rotatable bonds is 7. The third-order valence-corrected chi connectivity index (χ3v) is 3.97. The number of aromatic hydroxyl groups is 1. The monoisotopic (exact) mass is 358 g/mol. The van der Waals surface area contributed by atoms with E-state index >= 15 is 0 Å². The SMILES string of the molecule is CCCCn1c(=O)c(O)c(OCC=C(C)C)c2ccc(NC(C)=O)cc21. The Bertz CT molecular complexity index is 893. The molecule has 0 radical (unpaired) electrons. The molecule has 0 aliphatic heterocycles. The first-order valence-electron chi connectivity index (χ1n) is 8.78. The molecule has 1 heterocycles. The van der Waals surface area contributed by atoms with Crippen molar-refractivity contribution in [1.82, 2.24) is 4.57 Å². The van der Waals surface area contributed by atoms with Gasteiger partial charge in [-0.15, -0.1) is 0 Å². The number of anilines is 1. The van der Waals surface area contributed by atoms with Gasteiger partial charge in [0.2, 0.25) is 11.7 Å². The number of hydrogen-bond donors (Lipinski definition) is 2. The maximum Gasteiger partial charge on any atom is 0.297 e. The molecule has 0 aliphatic carbocycles. The van der Waals surface area contributed by atoms with Crippen LogP contribution in [0.3, 0.4) is 0 Å². The summed E-state index contributed by atoms with van der Waals surface area (Å²) in [6, 6.07) is 5.21. The Morgan fingerprint density at radius 2 is 2.04 bits per heavy atom. The summed E-state index contributed by atoms with van der Waals surface area (Å²) in [5.41, 5.74) is 1.81. The van der Waals surface area contributed by atoms with Crippen LogP contribution in [-0.4, -0.2) is 22.2 Å². The number of allylic oxidation sites excluding steroid dienone is 1. The Kier molecular flexibility index (Phi) is 6.44. The van der Waals surface area contributed by atoms with Gasteiger partial charge in [0.25, 0.3) is 5.56 Å². The maximum absolute atomic E-state index is 12.7. The fourth-order valence-electron chi connectivity index (χ4n) is 2.67. The molecule has 0 aliphatic rings. The summed E-state index contributed by atoms with van der Waals surface area (Å²) < 4.78 is 7.23. The molecular formula is C20H26N2O4. The Balaban J connectivity index is 2.64. The number of hydrogen-bond acceptors (Lipinski definition) is 4. The summed E-state index contributed by atoms with van der Waals surface area (Å²) in [4.78, 5) is 24.0. The van der Waals surface area contributed by atoms with Gasteiger partial charge in [0, 0.05) is 24.5 Å². The first-order chi connectivity index (χ1) is 12.3. The van der Waals surface area contributed by atoms with Crippen molar-refractivity contribution in [2.24, 2.45) is 0 Å². The van der Waals surface area contributed by atoms with E-state index in [1.807, 2.05) is 26.8 Å². The molecule has 0 fully saturated rings. The zero-order valence-corrected chi connectivity index (χ0v) is 15.8. The van der Waals surface area contributed by atoms with Crippen LogP contribution in [0.2, 0.25) is 0 Å². The van der Waals surface area contributed by atoms with E-state index in [-0.39, 0.29) is 24.0 Å². The molecule has 26 heavy (non-hydrogen) atoms. The molecule has 2 aromatic rings. The smallest absolute Gasteiger partial charge is 0.297 e. The van der Waals surface area contributed by atoms with Gasteiger partial charge in [-0.3, -0.25) is 9.59 Å². The van der Waals surface area contributed by atoms with Crippen molar-refractivity contribution < 1.29 is 14.6 Å². The number of unbranched alkanes of at least 4 members (excludes halogenated alkanes) is 1. The molecule has 0 saturated carbocycles. The van der Waals surface area contributed by atoms with E-state index in [0.717, 1.165) is 18.4 Å². The fraction of sp³-hybridized carbons (Fsp3) is 0.400. The second-order valence-corrected chi connectivity index (χ2v) is 6.49. The van der Waals surface area contributed by atoms with Crippen molar-refractivity contribution in [3.63, 3.8) is 0 Å². The molecule has 140 valence electrons. The summed E-state index contributed by atoms with van der Waals surface area (Å²) in [5.74, 6) is -0.404. The lowest BCUT2D eigenvalue weighted by molar-refractivity contribution is -0.114. The number of fused-ring (bicyclic) bond motifs is 1. The topological polar surface area (TPSA) is 80.6 Å². The van der Waals surface area contributed by atoms with Crippen molar-refractivity contribution in [2.45, 2.75) is 47.1 Å². The lowest BCUT2D eigenvalue weighted by atomic mass is 10.1. The van der Waals surface area contributed by atoms with Crippen molar-refractivity contribution >= 4 is 22.5 Å². The van der Waals surface area contributed by atoms with E-state index in [4.69, 9.17) is 4.74 Å². The first-order valence-corrected chi connectivity index (χ1v) is 8.78. The number of amides is 1. The van der Waals surface area contributed by atoms with Gasteiger partial charge in [-0.2, -0.15) is 0 Å². The van der Waals surface area contributed by atoms with E-state index in [2.05, 4.69) is 5.32 Å². The van der Waals surface area contributed by atoms with E-state index in [1.54, 1.807) is 18.2 Å². The molecule has 0 unspecified atom stereocenters. The number of nitrogens with one attached hydrogen (secondary N) is 1. The minimum Gasteiger partial charge on any atom is -0.500 e. The Labute approximate surface area is 153 Å². The zero-order chi connectivity index (χ0) is 19.3. The molecule has 0 bridgehead atoms. The molecular weight excluding hydrogens is 332 g/mol.